The van der Waals surface area contributed by atoms with Gasteiger partial charge in [-0.3, -0.25) is 4.79 Å². The Balaban J connectivity index is 2.38. The van der Waals surface area contributed by atoms with Crippen LogP contribution in [0.3, 0.4) is 0 Å². The number of nitrogens with zero attached hydrogens (tertiary/aromatic N) is 3. The molecular formula is C9H11N3O4. The number of aryl methyl sites for hydroxylation is 1. The normalized spacial score (nSPS) is 19.1. The fraction of sp³-hybridized carbons (Fsp3) is 0.556. The second-order valence-electron chi connectivity index (χ2n) is 3.84. The zero-order valence-electron chi connectivity index (χ0n) is 8.50. The fourth-order valence-corrected chi connectivity index (χ4v) is 2.17. The van der Waals surface area contributed by atoms with Crippen molar-refractivity contribution in [2.24, 2.45) is 0 Å². The first-order chi connectivity index (χ1) is 7.59. The number of hydrogen-bond donors (Lipinski definition) is 1. The van der Waals surface area contributed by atoms with E-state index in [0.717, 1.165) is 6.42 Å². The molecule has 0 amide bonds. The van der Waals surface area contributed by atoms with Crippen molar-refractivity contribution >= 4 is 11.8 Å². The van der Waals surface area contributed by atoms with Crippen molar-refractivity contribution in [3.05, 3.63) is 22.1 Å². The van der Waals surface area contributed by atoms with E-state index in [-0.39, 0.29) is 18.2 Å². The number of fused-ring (bicyclic) bond motifs is 1. The average molecular weight is 225 g/mol. The molecule has 1 N–H and O–H groups in total. The molecule has 1 unspecified atom stereocenters. The Morgan fingerprint density at radius 3 is 3.12 bits per heavy atom. The summed E-state index contributed by atoms with van der Waals surface area (Å²) in [5.41, 5.74) is 0.457. The number of carboxylic acid groups (broad SMARTS) is 1. The maximum Gasteiger partial charge on any atom is 0.385 e. The monoisotopic (exact) mass is 225 g/mol. The Hall–Kier alpha value is -1.92. The highest BCUT2D eigenvalue weighted by Gasteiger charge is 2.32. The summed E-state index contributed by atoms with van der Waals surface area (Å²) in [6.45, 7) is 0.673. The van der Waals surface area contributed by atoms with Crippen molar-refractivity contribution in [2.75, 3.05) is 0 Å². The lowest BCUT2D eigenvalue weighted by atomic mass is 9.92. The van der Waals surface area contributed by atoms with E-state index >= 15 is 0 Å². The van der Waals surface area contributed by atoms with E-state index in [9.17, 15) is 14.9 Å². The zero-order valence-corrected chi connectivity index (χ0v) is 8.50. The van der Waals surface area contributed by atoms with Gasteiger partial charge >= 0.3 is 11.8 Å². The summed E-state index contributed by atoms with van der Waals surface area (Å²) in [7, 11) is 0. The second kappa shape index (κ2) is 3.92. The molecule has 0 saturated carbocycles. The lowest BCUT2D eigenvalue weighted by Crippen LogP contribution is -2.18. The Morgan fingerprint density at radius 2 is 2.50 bits per heavy atom. The molecule has 16 heavy (non-hydrogen) atoms. The molecule has 7 nitrogen and oxygen atoms in total. The van der Waals surface area contributed by atoms with E-state index in [1.54, 1.807) is 4.57 Å². The largest absolute Gasteiger partial charge is 0.481 e. The summed E-state index contributed by atoms with van der Waals surface area (Å²) in [5, 5.41) is 19.5. The highest BCUT2D eigenvalue weighted by atomic mass is 16.6. The molecule has 0 aliphatic carbocycles. The van der Waals surface area contributed by atoms with E-state index in [2.05, 4.69) is 4.98 Å². The maximum atomic E-state index is 10.7. The molecule has 0 spiro atoms. The number of hydrogen-bond acceptors (Lipinski definition) is 4. The molecule has 0 aromatic carbocycles. The van der Waals surface area contributed by atoms with Gasteiger partial charge in [-0.2, -0.15) is 0 Å². The van der Waals surface area contributed by atoms with Gasteiger partial charge in [0.1, 0.15) is 5.69 Å². The first kappa shape index (κ1) is 10.6. The molecule has 0 saturated heterocycles. The van der Waals surface area contributed by atoms with Gasteiger partial charge in [0.2, 0.25) is 6.33 Å². The minimum atomic E-state index is -0.936. The van der Waals surface area contributed by atoms with Gasteiger partial charge in [0, 0.05) is 12.5 Å². The van der Waals surface area contributed by atoms with Crippen LogP contribution in [-0.2, 0) is 11.3 Å². The number of carboxylic acids is 1. The van der Waals surface area contributed by atoms with Crippen LogP contribution in [0, 0.1) is 10.1 Å². The van der Waals surface area contributed by atoms with Crippen LogP contribution >= 0.6 is 0 Å². The van der Waals surface area contributed by atoms with Crippen molar-refractivity contribution in [2.45, 2.75) is 31.7 Å². The molecule has 2 rings (SSSR count). The minimum absolute atomic E-state index is 0.0769. The van der Waals surface area contributed by atoms with Crippen LogP contribution in [-0.4, -0.2) is 25.6 Å². The van der Waals surface area contributed by atoms with Crippen LogP contribution in [0.5, 0.6) is 0 Å². The molecule has 0 bridgehead atoms. The molecule has 1 atom stereocenters. The van der Waals surface area contributed by atoms with E-state index < -0.39 is 10.9 Å². The highest BCUT2D eigenvalue weighted by Crippen LogP contribution is 2.35. The third kappa shape index (κ3) is 1.75. The van der Waals surface area contributed by atoms with Crippen LogP contribution in [0.4, 0.5) is 5.82 Å². The highest BCUT2D eigenvalue weighted by molar-refractivity contribution is 5.68. The number of nitro groups is 1. The van der Waals surface area contributed by atoms with Gasteiger partial charge in [-0.25, -0.2) is 0 Å². The topological polar surface area (TPSA) is 98.3 Å². The Morgan fingerprint density at radius 1 is 1.75 bits per heavy atom. The molecule has 2 heterocycles. The molecule has 0 radical (unpaired) electrons. The number of carbonyl (C=O) groups is 1. The number of aliphatic carboxylic acids is 1. The van der Waals surface area contributed by atoms with Gasteiger partial charge in [-0.05, 0) is 22.7 Å². The van der Waals surface area contributed by atoms with E-state index in [1.165, 1.54) is 6.33 Å². The smallest absolute Gasteiger partial charge is 0.385 e. The molecule has 86 valence electrons. The molecule has 1 aliphatic rings. The van der Waals surface area contributed by atoms with Gasteiger partial charge in [0.05, 0.1) is 6.42 Å². The van der Waals surface area contributed by atoms with Crippen molar-refractivity contribution in [3.63, 3.8) is 0 Å². The minimum Gasteiger partial charge on any atom is -0.481 e. The van der Waals surface area contributed by atoms with E-state index in [4.69, 9.17) is 5.11 Å². The van der Waals surface area contributed by atoms with Crippen molar-refractivity contribution < 1.29 is 14.8 Å². The summed E-state index contributed by atoms with van der Waals surface area (Å²) in [5.74, 6) is -1.44. The van der Waals surface area contributed by atoms with Gasteiger partial charge in [-0.1, -0.05) is 0 Å². The SMILES string of the molecule is O=C(O)CC1CCCn2cnc([N+](=O)[O-])c21. The Labute approximate surface area is 90.9 Å². The lowest BCUT2D eigenvalue weighted by Gasteiger charge is -2.21. The quantitative estimate of drug-likeness (QED) is 0.614. The third-order valence-corrected chi connectivity index (χ3v) is 2.79. The van der Waals surface area contributed by atoms with Crippen molar-refractivity contribution in [3.8, 4) is 0 Å². The summed E-state index contributed by atoms with van der Waals surface area (Å²) in [6.07, 6.45) is 2.84. The maximum absolute atomic E-state index is 10.7. The van der Waals surface area contributed by atoms with Crippen LogP contribution in [0.25, 0.3) is 0 Å². The third-order valence-electron chi connectivity index (χ3n) is 2.79. The van der Waals surface area contributed by atoms with E-state index in [1.807, 2.05) is 0 Å². The first-order valence-electron chi connectivity index (χ1n) is 5.01. The van der Waals surface area contributed by atoms with Gasteiger partial charge in [0.25, 0.3) is 0 Å². The molecule has 1 aromatic heterocycles. The average Bonchev–Trinajstić information content (AvgIpc) is 2.61. The fourth-order valence-electron chi connectivity index (χ4n) is 2.17. The molecule has 1 aliphatic heterocycles. The number of aromatic nitrogens is 2. The molecule has 1 aromatic rings. The van der Waals surface area contributed by atoms with Gasteiger partial charge in [0.15, 0.2) is 0 Å². The molecule has 0 fully saturated rings. The van der Waals surface area contributed by atoms with Crippen LogP contribution < -0.4 is 0 Å². The Bertz CT molecular complexity index is 440. The van der Waals surface area contributed by atoms with Crippen LogP contribution in [0.2, 0.25) is 0 Å². The standard InChI is InChI=1S/C9H11N3O4/c13-7(14)4-6-2-1-3-11-5-10-9(8(6)11)12(15)16/h5-6H,1-4H2,(H,13,14). The second-order valence-corrected chi connectivity index (χ2v) is 3.84. The lowest BCUT2D eigenvalue weighted by molar-refractivity contribution is -0.390. The van der Waals surface area contributed by atoms with Crippen molar-refractivity contribution in [1.82, 2.24) is 9.55 Å². The van der Waals surface area contributed by atoms with E-state index in [0.29, 0.717) is 18.7 Å². The molecular weight excluding hydrogens is 214 g/mol. The predicted molar refractivity (Wildman–Crippen MR) is 53.1 cm³/mol. The van der Waals surface area contributed by atoms with Gasteiger partial charge in [-0.15, -0.1) is 0 Å². The van der Waals surface area contributed by atoms with Crippen molar-refractivity contribution in [1.29, 1.82) is 0 Å². The number of imidazole rings is 1. The molecule has 7 heteroatoms. The summed E-state index contributed by atoms with van der Waals surface area (Å²) in [6, 6.07) is 0. The van der Waals surface area contributed by atoms with Gasteiger partial charge < -0.3 is 19.8 Å². The number of rotatable bonds is 3. The first-order valence-corrected chi connectivity index (χ1v) is 5.01. The van der Waals surface area contributed by atoms with Crippen LogP contribution in [0.1, 0.15) is 30.9 Å². The van der Waals surface area contributed by atoms with Crippen LogP contribution in [0.15, 0.2) is 6.33 Å². The zero-order chi connectivity index (χ0) is 11.7. The Kier molecular flexibility index (Phi) is 2.59. The summed E-state index contributed by atoms with van der Waals surface area (Å²) >= 11 is 0. The predicted octanol–water partition coefficient (Wildman–Crippen LogP) is 1.14. The summed E-state index contributed by atoms with van der Waals surface area (Å²) < 4.78 is 1.69. The summed E-state index contributed by atoms with van der Waals surface area (Å²) in [4.78, 5) is 24.6.